The topological polar surface area (TPSA) is 80.0 Å². The highest BCUT2D eigenvalue weighted by molar-refractivity contribution is 5.88. The summed E-state index contributed by atoms with van der Waals surface area (Å²) in [5, 5.41) is 4.97. The van der Waals surface area contributed by atoms with Gasteiger partial charge in [0, 0.05) is 7.05 Å². The van der Waals surface area contributed by atoms with Crippen LogP contribution in [0.2, 0.25) is 0 Å². The first-order valence-corrected chi connectivity index (χ1v) is 3.42. The number of aromatic nitrogens is 1. The first-order valence-electron chi connectivity index (χ1n) is 3.42. The van der Waals surface area contributed by atoms with Crippen molar-refractivity contribution in [1.29, 1.82) is 0 Å². The molecular formula is C7H10N4O. The Morgan fingerprint density at radius 1 is 1.58 bits per heavy atom. The van der Waals surface area contributed by atoms with Crippen LogP contribution in [-0.2, 0) is 0 Å². The van der Waals surface area contributed by atoms with E-state index in [-0.39, 0.29) is 6.03 Å². The van der Waals surface area contributed by atoms with Gasteiger partial charge in [-0.3, -0.25) is 0 Å². The molecule has 1 heterocycles. The third-order valence-electron chi connectivity index (χ3n) is 1.27. The van der Waals surface area contributed by atoms with Crippen molar-refractivity contribution < 1.29 is 4.79 Å². The molecule has 0 saturated heterocycles. The lowest BCUT2D eigenvalue weighted by Crippen LogP contribution is -2.24. The maximum absolute atomic E-state index is 10.8. The van der Waals surface area contributed by atoms with E-state index < -0.39 is 0 Å². The van der Waals surface area contributed by atoms with Gasteiger partial charge in [0.25, 0.3) is 0 Å². The molecule has 12 heavy (non-hydrogen) atoms. The van der Waals surface area contributed by atoms with Gasteiger partial charge in [0.1, 0.15) is 5.82 Å². The van der Waals surface area contributed by atoms with Crippen molar-refractivity contribution >= 4 is 17.5 Å². The number of nitrogens with two attached hydrogens (primary N) is 1. The lowest BCUT2D eigenvalue weighted by molar-refractivity contribution is 0.254. The van der Waals surface area contributed by atoms with Crippen molar-refractivity contribution in [1.82, 2.24) is 10.3 Å². The molecule has 0 saturated carbocycles. The number of hydrogen-bond donors (Lipinski definition) is 3. The van der Waals surface area contributed by atoms with Crippen LogP contribution in [0.1, 0.15) is 0 Å². The van der Waals surface area contributed by atoms with E-state index in [0.29, 0.717) is 11.5 Å². The molecule has 4 N–H and O–H groups in total. The first-order chi connectivity index (χ1) is 5.72. The molecule has 0 atom stereocenters. The lowest BCUT2D eigenvalue weighted by atomic mass is 10.4. The van der Waals surface area contributed by atoms with Crippen molar-refractivity contribution in [2.45, 2.75) is 0 Å². The van der Waals surface area contributed by atoms with Gasteiger partial charge in [-0.2, -0.15) is 0 Å². The molecule has 0 aliphatic heterocycles. The monoisotopic (exact) mass is 166 g/mol. The second-order valence-corrected chi connectivity index (χ2v) is 2.18. The smallest absolute Gasteiger partial charge is 0.319 e. The van der Waals surface area contributed by atoms with Crippen molar-refractivity contribution in [3.05, 3.63) is 18.3 Å². The van der Waals surface area contributed by atoms with Crippen LogP contribution in [-0.4, -0.2) is 18.1 Å². The highest BCUT2D eigenvalue weighted by Gasteiger charge is 1.96. The fourth-order valence-corrected chi connectivity index (χ4v) is 0.673. The zero-order valence-electron chi connectivity index (χ0n) is 6.66. The van der Waals surface area contributed by atoms with Gasteiger partial charge in [-0.25, -0.2) is 9.78 Å². The molecule has 0 unspecified atom stereocenters. The molecule has 64 valence electrons. The molecule has 0 aliphatic carbocycles. The average molecular weight is 166 g/mol. The third kappa shape index (κ3) is 2.12. The van der Waals surface area contributed by atoms with Crippen LogP contribution < -0.4 is 16.4 Å². The number of carbonyl (C=O) groups is 1. The molecular weight excluding hydrogens is 156 g/mol. The number of anilines is 2. The minimum atomic E-state index is -0.276. The molecule has 0 bridgehead atoms. The highest BCUT2D eigenvalue weighted by atomic mass is 16.2. The Balaban J connectivity index is 2.64. The number of carbonyl (C=O) groups excluding carboxylic acids is 1. The van der Waals surface area contributed by atoms with Gasteiger partial charge in [-0.1, -0.05) is 0 Å². The van der Waals surface area contributed by atoms with Crippen LogP contribution in [0, 0.1) is 0 Å². The summed E-state index contributed by atoms with van der Waals surface area (Å²) < 4.78 is 0. The minimum Gasteiger partial charge on any atom is -0.384 e. The molecule has 0 aromatic carbocycles. The van der Waals surface area contributed by atoms with Crippen molar-refractivity contribution in [3.63, 3.8) is 0 Å². The van der Waals surface area contributed by atoms with Gasteiger partial charge in [0.15, 0.2) is 0 Å². The fourth-order valence-electron chi connectivity index (χ4n) is 0.673. The maximum Gasteiger partial charge on any atom is 0.319 e. The number of hydrogen-bond acceptors (Lipinski definition) is 3. The highest BCUT2D eigenvalue weighted by Crippen LogP contribution is 2.05. The minimum absolute atomic E-state index is 0.276. The summed E-state index contributed by atoms with van der Waals surface area (Å²) in [6, 6.07) is 3.02. The van der Waals surface area contributed by atoms with E-state index in [1.54, 1.807) is 19.2 Å². The number of urea groups is 1. The predicted octanol–water partition coefficient (Wildman–Crippen LogP) is 0.415. The summed E-state index contributed by atoms with van der Waals surface area (Å²) in [6.07, 6.45) is 1.49. The van der Waals surface area contributed by atoms with E-state index in [2.05, 4.69) is 15.6 Å². The molecule has 0 fully saturated rings. The molecule has 1 rings (SSSR count). The zero-order chi connectivity index (χ0) is 8.97. The van der Waals surface area contributed by atoms with Crippen LogP contribution in [0.25, 0.3) is 0 Å². The molecule has 2 amide bonds. The van der Waals surface area contributed by atoms with Crippen LogP contribution >= 0.6 is 0 Å². The quantitative estimate of drug-likeness (QED) is 0.565. The number of nitrogens with zero attached hydrogens (tertiary/aromatic N) is 1. The molecule has 5 heteroatoms. The summed E-state index contributed by atoms with van der Waals surface area (Å²) in [4.78, 5) is 14.6. The Labute approximate surface area is 70.0 Å². The van der Waals surface area contributed by atoms with Crippen LogP contribution in [0.15, 0.2) is 18.3 Å². The van der Waals surface area contributed by atoms with E-state index in [0.717, 1.165) is 0 Å². The first kappa shape index (κ1) is 8.32. The van der Waals surface area contributed by atoms with Crippen LogP contribution in [0.5, 0.6) is 0 Å². The average Bonchev–Trinajstić information content (AvgIpc) is 2.09. The molecule has 5 nitrogen and oxygen atoms in total. The largest absolute Gasteiger partial charge is 0.384 e. The second-order valence-electron chi connectivity index (χ2n) is 2.18. The van der Waals surface area contributed by atoms with Gasteiger partial charge in [0.05, 0.1) is 11.9 Å². The van der Waals surface area contributed by atoms with Crippen molar-refractivity contribution in [2.75, 3.05) is 18.1 Å². The van der Waals surface area contributed by atoms with Crippen LogP contribution in [0.3, 0.4) is 0 Å². The standard InChI is InChI=1S/C7H10N4O/c1-9-7(12)11-5-2-3-6(8)10-4-5/h2-4H,1H3,(H2,8,10)(H2,9,11,12). The van der Waals surface area contributed by atoms with Gasteiger partial charge in [-0.15, -0.1) is 0 Å². The van der Waals surface area contributed by atoms with Crippen LogP contribution in [0.4, 0.5) is 16.3 Å². The molecule has 1 aromatic heterocycles. The van der Waals surface area contributed by atoms with Crippen molar-refractivity contribution in [2.24, 2.45) is 0 Å². The van der Waals surface area contributed by atoms with Gasteiger partial charge < -0.3 is 16.4 Å². The van der Waals surface area contributed by atoms with E-state index in [4.69, 9.17) is 5.73 Å². The normalized spacial score (nSPS) is 9.08. The van der Waals surface area contributed by atoms with E-state index in [9.17, 15) is 4.79 Å². The van der Waals surface area contributed by atoms with Crippen molar-refractivity contribution in [3.8, 4) is 0 Å². The summed E-state index contributed by atoms with van der Waals surface area (Å²) in [5.74, 6) is 0.428. The number of nitrogen functional groups attached to an aromatic ring is 1. The van der Waals surface area contributed by atoms with Gasteiger partial charge in [-0.05, 0) is 12.1 Å². The maximum atomic E-state index is 10.8. The van der Waals surface area contributed by atoms with E-state index >= 15 is 0 Å². The summed E-state index contributed by atoms with van der Waals surface area (Å²) in [7, 11) is 1.54. The SMILES string of the molecule is CNC(=O)Nc1ccc(N)nc1. The number of nitrogens with one attached hydrogen (secondary N) is 2. The van der Waals surface area contributed by atoms with Gasteiger partial charge >= 0.3 is 6.03 Å². The molecule has 0 spiro atoms. The zero-order valence-corrected chi connectivity index (χ0v) is 6.66. The summed E-state index contributed by atoms with van der Waals surface area (Å²) in [6.45, 7) is 0. The second kappa shape index (κ2) is 3.56. The Morgan fingerprint density at radius 3 is 2.83 bits per heavy atom. The predicted molar refractivity (Wildman–Crippen MR) is 46.7 cm³/mol. The lowest BCUT2D eigenvalue weighted by Gasteiger charge is -2.02. The molecule has 0 aliphatic rings. The Hall–Kier alpha value is -1.78. The number of amides is 2. The molecule has 1 aromatic rings. The fraction of sp³-hybridized carbons (Fsp3) is 0.143. The summed E-state index contributed by atoms with van der Waals surface area (Å²) in [5.41, 5.74) is 5.96. The third-order valence-corrected chi connectivity index (χ3v) is 1.27. The number of pyridine rings is 1. The Bertz CT molecular complexity index is 269. The number of rotatable bonds is 1. The van der Waals surface area contributed by atoms with E-state index in [1.165, 1.54) is 6.20 Å². The summed E-state index contributed by atoms with van der Waals surface area (Å²) >= 11 is 0. The Morgan fingerprint density at radius 2 is 2.33 bits per heavy atom. The molecule has 0 radical (unpaired) electrons. The van der Waals surface area contributed by atoms with Gasteiger partial charge in [0.2, 0.25) is 0 Å². The van der Waals surface area contributed by atoms with E-state index in [1.807, 2.05) is 0 Å². The Kier molecular flexibility index (Phi) is 2.47.